The van der Waals surface area contributed by atoms with Crippen LogP contribution in [0.5, 0.6) is 0 Å². The van der Waals surface area contributed by atoms with E-state index < -0.39 is 0 Å². The molecule has 2 aromatic rings. The molecule has 96 valence electrons. The van der Waals surface area contributed by atoms with Crippen molar-refractivity contribution in [3.63, 3.8) is 0 Å². The van der Waals surface area contributed by atoms with E-state index in [9.17, 15) is 4.39 Å². The van der Waals surface area contributed by atoms with Crippen LogP contribution >= 0.6 is 15.9 Å². The van der Waals surface area contributed by atoms with Gasteiger partial charge in [0.2, 0.25) is 5.89 Å². The highest BCUT2D eigenvalue weighted by Gasteiger charge is 2.02. The molecule has 6 heteroatoms. The second kappa shape index (κ2) is 6.06. The number of nitrogens with one attached hydrogen (secondary N) is 1. The van der Waals surface area contributed by atoms with Gasteiger partial charge in [-0.15, -0.1) is 0 Å². The van der Waals surface area contributed by atoms with Crippen LogP contribution in [0.3, 0.4) is 0 Å². The fourth-order valence-electron chi connectivity index (χ4n) is 1.59. The van der Waals surface area contributed by atoms with Gasteiger partial charge in [-0.2, -0.15) is 4.98 Å². The molecule has 1 heterocycles. The second-order valence-corrected chi connectivity index (χ2v) is 4.85. The van der Waals surface area contributed by atoms with Gasteiger partial charge in [0.25, 0.3) is 0 Å². The SMILES string of the molecule is Cc1nc(CCNCc2cc(F)cc(Br)c2)no1. The molecule has 4 nitrogen and oxygen atoms in total. The van der Waals surface area contributed by atoms with E-state index in [2.05, 4.69) is 31.4 Å². The number of aromatic nitrogens is 2. The Morgan fingerprint density at radius 3 is 2.89 bits per heavy atom. The van der Waals surface area contributed by atoms with Crippen molar-refractivity contribution in [1.82, 2.24) is 15.5 Å². The molecule has 0 radical (unpaired) electrons. The van der Waals surface area contributed by atoms with Gasteiger partial charge in [0, 0.05) is 30.9 Å². The Hall–Kier alpha value is -1.27. The first-order valence-electron chi connectivity index (χ1n) is 5.58. The predicted molar refractivity (Wildman–Crippen MR) is 68.5 cm³/mol. The molecule has 2 rings (SSSR count). The zero-order valence-electron chi connectivity index (χ0n) is 9.91. The van der Waals surface area contributed by atoms with Crippen molar-refractivity contribution in [2.75, 3.05) is 6.54 Å². The van der Waals surface area contributed by atoms with E-state index in [4.69, 9.17) is 4.52 Å². The first-order valence-corrected chi connectivity index (χ1v) is 6.37. The maximum Gasteiger partial charge on any atom is 0.223 e. The summed E-state index contributed by atoms with van der Waals surface area (Å²) in [7, 11) is 0. The molecule has 0 saturated carbocycles. The van der Waals surface area contributed by atoms with E-state index in [0.717, 1.165) is 10.0 Å². The van der Waals surface area contributed by atoms with Gasteiger partial charge in [0.15, 0.2) is 5.82 Å². The summed E-state index contributed by atoms with van der Waals surface area (Å²) in [5.41, 5.74) is 0.895. The van der Waals surface area contributed by atoms with Crippen molar-refractivity contribution in [3.8, 4) is 0 Å². The van der Waals surface area contributed by atoms with Crippen molar-refractivity contribution in [2.24, 2.45) is 0 Å². The third kappa shape index (κ3) is 3.89. The maximum atomic E-state index is 13.1. The summed E-state index contributed by atoms with van der Waals surface area (Å²) in [5.74, 6) is 1.01. The fourth-order valence-corrected chi connectivity index (χ4v) is 2.10. The van der Waals surface area contributed by atoms with Gasteiger partial charge >= 0.3 is 0 Å². The first-order chi connectivity index (χ1) is 8.63. The lowest BCUT2D eigenvalue weighted by molar-refractivity contribution is 0.387. The van der Waals surface area contributed by atoms with Crippen LogP contribution in [0.1, 0.15) is 17.3 Å². The van der Waals surface area contributed by atoms with Crippen LogP contribution < -0.4 is 5.32 Å². The Labute approximate surface area is 113 Å². The number of aryl methyl sites for hydroxylation is 1. The molecule has 0 aliphatic carbocycles. The molecule has 0 spiro atoms. The minimum Gasteiger partial charge on any atom is -0.340 e. The molecule has 0 amide bonds. The summed E-state index contributed by atoms with van der Waals surface area (Å²) in [5, 5.41) is 7.00. The fraction of sp³-hybridized carbons (Fsp3) is 0.333. The first kappa shape index (κ1) is 13.2. The predicted octanol–water partition coefficient (Wildman–Crippen LogP) is 2.61. The summed E-state index contributed by atoms with van der Waals surface area (Å²) in [4.78, 5) is 4.10. The number of benzene rings is 1. The molecule has 0 unspecified atom stereocenters. The average molecular weight is 314 g/mol. The van der Waals surface area contributed by atoms with Crippen LogP contribution in [0, 0.1) is 12.7 Å². The lowest BCUT2D eigenvalue weighted by atomic mass is 10.2. The molecule has 0 aliphatic heterocycles. The van der Waals surface area contributed by atoms with E-state index >= 15 is 0 Å². The van der Waals surface area contributed by atoms with Crippen molar-refractivity contribution in [2.45, 2.75) is 19.9 Å². The van der Waals surface area contributed by atoms with Gasteiger partial charge in [-0.3, -0.25) is 0 Å². The summed E-state index contributed by atoms with van der Waals surface area (Å²) in [6, 6.07) is 4.83. The lowest BCUT2D eigenvalue weighted by Crippen LogP contribution is -2.17. The molecule has 0 saturated heterocycles. The number of nitrogens with zero attached hydrogens (tertiary/aromatic N) is 2. The zero-order valence-corrected chi connectivity index (χ0v) is 11.5. The standard InChI is InChI=1S/C12H13BrFN3O/c1-8-16-12(17-18-8)2-3-15-7-9-4-10(13)6-11(14)5-9/h4-6,15H,2-3,7H2,1H3. The highest BCUT2D eigenvalue weighted by atomic mass is 79.9. The van der Waals surface area contributed by atoms with Crippen molar-refractivity contribution >= 4 is 15.9 Å². The zero-order chi connectivity index (χ0) is 13.0. The second-order valence-electron chi connectivity index (χ2n) is 3.93. The molecular weight excluding hydrogens is 301 g/mol. The van der Waals surface area contributed by atoms with Gasteiger partial charge in [0.05, 0.1) is 0 Å². The van der Waals surface area contributed by atoms with E-state index in [1.54, 1.807) is 6.92 Å². The molecule has 1 aromatic heterocycles. The van der Waals surface area contributed by atoms with Crippen LogP contribution in [0.25, 0.3) is 0 Å². The topological polar surface area (TPSA) is 51.0 Å². The lowest BCUT2D eigenvalue weighted by Gasteiger charge is -2.04. The molecule has 0 fully saturated rings. The van der Waals surface area contributed by atoms with Crippen molar-refractivity contribution < 1.29 is 8.91 Å². The summed E-state index contributed by atoms with van der Waals surface area (Å²) in [6.07, 6.45) is 0.688. The Balaban J connectivity index is 1.78. The Kier molecular flexibility index (Phi) is 4.43. The monoisotopic (exact) mass is 313 g/mol. The number of rotatable bonds is 5. The molecule has 1 N–H and O–H groups in total. The van der Waals surface area contributed by atoms with Crippen LogP contribution in [0.4, 0.5) is 4.39 Å². The van der Waals surface area contributed by atoms with Crippen LogP contribution in [0.15, 0.2) is 27.2 Å². The Morgan fingerprint density at radius 2 is 2.22 bits per heavy atom. The molecule has 0 aliphatic rings. The van der Waals surface area contributed by atoms with E-state index in [0.29, 0.717) is 31.2 Å². The van der Waals surface area contributed by atoms with Crippen LogP contribution in [0.2, 0.25) is 0 Å². The van der Waals surface area contributed by atoms with Gasteiger partial charge < -0.3 is 9.84 Å². The van der Waals surface area contributed by atoms with Crippen molar-refractivity contribution in [1.29, 1.82) is 0 Å². The summed E-state index contributed by atoms with van der Waals surface area (Å²) < 4.78 is 18.7. The van der Waals surface area contributed by atoms with Gasteiger partial charge in [-0.1, -0.05) is 21.1 Å². The summed E-state index contributed by atoms with van der Waals surface area (Å²) in [6.45, 7) is 3.08. The van der Waals surface area contributed by atoms with Gasteiger partial charge in [0.1, 0.15) is 5.82 Å². The molecular formula is C12H13BrFN3O. The largest absolute Gasteiger partial charge is 0.340 e. The Morgan fingerprint density at radius 1 is 1.39 bits per heavy atom. The Bertz CT molecular complexity index is 510. The van der Waals surface area contributed by atoms with E-state index in [1.165, 1.54) is 12.1 Å². The quantitative estimate of drug-likeness (QED) is 0.862. The smallest absolute Gasteiger partial charge is 0.223 e. The normalized spacial score (nSPS) is 10.8. The molecule has 18 heavy (non-hydrogen) atoms. The summed E-state index contributed by atoms with van der Waals surface area (Å²) >= 11 is 3.26. The van der Waals surface area contributed by atoms with Crippen molar-refractivity contribution in [3.05, 3.63) is 45.8 Å². The highest BCUT2D eigenvalue weighted by Crippen LogP contribution is 2.14. The third-order valence-corrected chi connectivity index (χ3v) is 2.80. The van der Waals surface area contributed by atoms with E-state index in [-0.39, 0.29) is 5.82 Å². The molecule has 0 bridgehead atoms. The number of hydrogen-bond donors (Lipinski definition) is 1. The van der Waals surface area contributed by atoms with Crippen LogP contribution in [-0.2, 0) is 13.0 Å². The molecule has 0 atom stereocenters. The van der Waals surface area contributed by atoms with Gasteiger partial charge in [-0.25, -0.2) is 4.39 Å². The minimum atomic E-state index is -0.241. The molecule has 1 aromatic carbocycles. The highest BCUT2D eigenvalue weighted by molar-refractivity contribution is 9.10. The third-order valence-electron chi connectivity index (χ3n) is 2.35. The minimum absolute atomic E-state index is 0.241. The van der Waals surface area contributed by atoms with Gasteiger partial charge in [-0.05, 0) is 23.8 Å². The van der Waals surface area contributed by atoms with Crippen LogP contribution in [-0.4, -0.2) is 16.7 Å². The number of hydrogen-bond acceptors (Lipinski definition) is 4. The maximum absolute atomic E-state index is 13.1. The van der Waals surface area contributed by atoms with E-state index in [1.807, 2.05) is 6.07 Å². The average Bonchev–Trinajstić information content (AvgIpc) is 2.69. The number of halogens is 2.